The van der Waals surface area contributed by atoms with Gasteiger partial charge in [0.15, 0.2) is 0 Å². The fourth-order valence-corrected chi connectivity index (χ4v) is 3.92. The molecule has 1 aliphatic rings. The van der Waals surface area contributed by atoms with Crippen LogP contribution in [0.2, 0.25) is 0 Å². The van der Waals surface area contributed by atoms with Crippen LogP contribution in [0.4, 0.5) is 0 Å². The van der Waals surface area contributed by atoms with Crippen molar-refractivity contribution in [3.8, 4) is 0 Å². The molecule has 1 aromatic heterocycles. The van der Waals surface area contributed by atoms with Gasteiger partial charge in [-0.05, 0) is 18.9 Å². The predicted octanol–water partition coefficient (Wildman–Crippen LogP) is 1.08. The lowest BCUT2D eigenvalue weighted by Gasteiger charge is -2.18. The van der Waals surface area contributed by atoms with E-state index in [0.717, 1.165) is 25.7 Å². The summed E-state index contributed by atoms with van der Waals surface area (Å²) in [6, 6.07) is 1.56. The fourth-order valence-electron chi connectivity index (χ4n) is 2.31. The van der Waals surface area contributed by atoms with Crippen LogP contribution in [0.1, 0.15) is 31.4 Å². The Bertz CT molecular complexity index is 499. The van der Waals surface area contributed by atoms with Crippen LogP contribution in [-0.4, -0.2) is 35.5 Å². The highest BCUT2D eigenvalue weighted by Gasteiger charge is 2.26. The molecule has 1 aromatic rings. The summed E-state index contributed by atoms with van der Waals surface area (Å²) < 4.78 is 28.1. The van der Waals surface area contributed by atoms with Gasteiger partial charge in [-0.25, -0.2) is 8.42 Å². The van der Waals surface area contributed by atoms with Crippen LogP contribution in [0.3, 0.4) is 0 Å². The average Bonchev–Trinajstić information content (AvgIpc) is 2.55. The summed E-state index contributed by atoms with van der Waals surface area (Å²) in [5, 5.41) is 9.12. The molecule has 0 spiro atoms. The first kappa shape index (κ1) is 13.6. The summed E-state index contributed by atoms with van der Waals surface area (Å²) in [7, 11) is -1.65. The molecular weight excluding hydrogens is 252 g/mol. The molecule has 1 aliphatic heterocycles. The van der Waals surface area contributed by atoms with Crippen LogP contribution in [0.5, 0.6) is 0 Å². The van der Waals surface area contributed by atoms with Crippen LogP contribution in [0, 0.1) is 0 Å². The number of aliphatic hydroxyl groups excluding tert-OH is 1. The van der Waals surface area contributed by atoms with Crippen LogP contribution in [0.15, 0.2) is 17.2 Å². The van der Waals surface area contributed by atoms with Crippen LogP contribution < -0.4 is 0 Å². The van der Waals surface area contributed by atoms with Gasteiger partial charge in [0, 0.05) is 32.0 Å². The number of aryl methyl sites for hydroxylation is 1. The lowest BCUT2D eigenvalue weighted by molar-refractivity contribution is 0.272. The summed E-state index contributed by atoms with van der Waals surface area (Å²) in [6.45, 7) is 1.06. The van der Waals surface area contributed by atoms with E-state index < -0.39 is 10.0 Å². The first-order valence-corrected chi connectivity index (χ1v) is 7.76. The Labute approximate surface area is 108 Å². The van der Waals surface area contributed by atoms with E-state index in [9.17, 15) is 8.42 Å². The highest BCUT2D eigenvalue weighted by Crippen LogP contribution is 2.21. The third-order valence-corrected chi connectivity index (χ3v) is 5.31. The van der Waals surface area contributed by atoms with E-state index in [1.807, 2.05) is 0 Å². The van der Waals surface area contributed by atoms with Gasteiger partial charge in [0.25, 0.3) is 0 Å². The fraction of sp³-hybridized carbons (Fsp3) is 0.667. The Morgan fingerprint density at radius 1 is 1.22 bits per heavy atom. The molecule has 0 amide bonds. The van der Waals surface area contributed by atoms with Gasteiger partial charge in [-0.15, -0.1) is 0 Å². The first-order chi connectivity index (χ1) is 8.55. The molecule has 0 bridgehead atoms. The van der Waals surface area contributed by atoms with E-state index in [1.165, 1.54) is 0 Å². The number of sulfonamides is 1. The van der Waals surface area contributed by atoms with Crippen LogP contribution in [-0.2, 0) is 23.7 Å². The normalized spacial score (nSPS) is 18.8. The Morgan fingerprint density at radius 2 is 1.83 bits per heavy atom. The molecule has 0 saturated carbocycles. The van der Waals surface area contributed by atoms with Crippen LogP contribution in [0.25, 0.3) is 0 Å². The molecular formula is C12H20N2O3S. The molecule has 1 saturated heterocycles. The van der Waals surface area contributed by atoms with Crippen molar-refractivity contribution in [2.75, 3.05) is 13.1 Å². The summed E-state index contributed by atoms with van der Waals surface area (Å²) >= 11 is 0. The molecule has 1 fully saturated rings. The van der Waals surface area contributed by atoms with Crippen molar-refractivity contribution in [3.63, 3.8) is 0 Å². The maximum absolute atomic E-state index is 12.5. The zero-order valence-corrected chi connectivity index (χ0v) is 11.5. The highest BCUT2D eigenvalue weighted by molar-refractivity contribution is 7.89. The number of nitrogens with zero attached hydrogens (tertiary/aromatic N) is 2. The van der Waals surface area contributed by atoms with Gasteiger partial charge in [-0.2, -0.15) is 4.31 Å². The van der Waals surface area contributed by atoms with Crippen molar-refractivity contribution in [1.29, 1.82) is 0 Å². The standard InChI is InChI=1S/C12H20N2O3S/c1-13-9-12(8-11(13)10-15)18(16,17)14-6-4-2-3-5-7-14/h8-9,15H,2-7,10H2,1H3. The Balaban J connectivity index is 2.28. The smallest absolute Gasteiger partial charge is 0.244 e. The van der Waals surface area contributed by atoms with E-state index in [4.69, 9.17) is 5.11 Å². The number of aliphatic hydroxyl groups is 1. The summed E-state index contributed by atoms with van der Waals surface area (Å²) in [4.78, 5) is 0.288. The molecule has 0 radical (unpaired) electrons. The first-order valence-electron chi connectivity index (χ1n) is 6.32. The molecule has 2 heterocycles. The monoisotopic (exact) mass is 272 g/mol. The van der Waals surface area contributed by atoms with Gasteiger partial charge >= 0.3 is 0 Å². The van der Waals surface area contributed by atoms with Crippen molar-refractivity contribution >= 4 is 10.0 Å². The van der Waals surface area contributed by atoms with E-state index in [2.05, 4.69) is 0 Å². The van der Waals surface area contributed by atoms with E-state index in [-0.39, 0.29) is 11.5 Å². The van der Waals surface area contributed by atoms with Gasteiger partial charge in [-0.3, -0.25) is 0 Å². The molecule has 5 nitrogen and oxygen atoms in total. The van der Waals surface area contributed by atoms with Gasteiger partial charge in [0.2, 0.25) is 10.0 Å². The molecule has 2 rings (SSSR count). The Hall–Kier alpha value is -0.850. The highest BCUT2D eigenvalue weighted by atomic mass is 32.2. The molecule has 0 aromatic carbocycles. The number of hydrogen-bond acceptors (Lipinski definition) is 3. The zero-order chi connectivity index (χ0) is 13.2. The molecule has 18 heavy (non-hydrogen) atoms. The number of rotatable bonds is 3. The minimum Gasteiger partial charge on any atom is -0.390 e. The molecule has 0 unspecified atom stereocenters. The summed E-state index contributed by atoms with van der Waals surface area (Å²) in [5.74, 6) is 0. The van der Waals surface area contributed by atoms with Gasteiger partial charge in [0.1, 0.15) is 4.90 Å². The SMILES string of the molecule is Cn1cc(S(=O)(=O)N2CCCCCC2)cc1CO. The maximum atomic E-state index is 12.5. The van der Waals surface area contributed by atoms with E-state index in [0.29, 0.717) is 18.8 Å². The lowest BCUT2D eigenvalue weighted by Crippen LogP contribution is -2.31. The van der Waals surface area contributed by atoms with Crippen molar-refractivity contribution in [1.82, 2.24) is 8.87 Å². The summed E-state index contributed by atoms with van der Waals surface area (Å²) in [5.41, 5.74) is 0.614. The van der Waals surface area contributed by atoms with Crippen molar-refractivity contribution < 1.29 is 13.5 Å². The Kier molecular flexibility index (Phi) is 4.09. The Morgan fingerprint density at radius 3 is 2.33 bits per heavy atom. The lowest BCUT2D eigenvalue weighted by atomic mass is 10.2. The van der Waals surface area contributed by atoms with E-state index in [1.54, 1.807) is 28.2 Å². The molecule has 1 N–H and O–H groups in total. The predicted molar refractivity (Wildman–Crippen MR) is 68.6 cm³/mol. The zero-order valence-electron chi connectivity index (χ0n) is 10.7. The summed E-state index contributed by atoms with van der Waals surface area (Å²) in [6.07, 6.45) is 5.63. The minimum atomic E-state index is -3.40. The second kappa shape index (κ2) is 5.42. The number of hydrogen-bond donors (Lipinski definition) is 1. The van der Waals surface area contributed by atoms with Crippen LogP contribution >= 0.6 is 0 Å². The maximum Gasteiger partial charge on any atom is 0.244 e. The van der Waals surface area contributed by atoms with Gasteiger partial charge in [-0.1, -0.05) is 12.8 Å². The molecule has 0 aliphatic carbocycles. The quantitative estimate of drug-likeness (QED) is 0.895. The molecule has 0 atom stereocenters. The second-order valence-corrected chi connectivity index (χ2v) is 6.69. The average molecular weight is 272 g/mol. The van der Waals surface area contributed by atoms with Gasteiger partial charge < -0.3 is 9.67 Å². The minimum absolute atomic E-state index is 0.147. The third kappa shape index (κ3) is 2.60. The number of aromatic nitrogens is 1. The van der Waals surface area contributed by atoms with Gasteiger partial charge in [0.05, 0.1) is 6.61 Å². The van der Waals surface area contributed by atoms with Crippen molar-refractivity contribution in [2.45, 2.75) is 37.2 Å². The molecule has 102 valence electrons. The molecule has 6 heteroatoms. The third-order valence-electron chi connectivity index (χ3n) is 3.45. The van der Waals surface area contributed by atoms with Crippen molar-refractivity contribution in [3.05, 3.63) is 18.0 Å². The van der Waals surface area contributed by atoms with Crippen molar-refractivity contribution in [2.24, 2.45) is 7.05 Å². The second-order valence-electron chi connectivity index (χ2n) is 4.75. The largest absolute Gasteiger partial charge is 0.390 e. The van der Waals surface area contributed by atoms with E-state index >= 15 is 0 Å². The topological polar surface area (TPSA) is 62.5 Å².